The van der Waals surface area contributed by atoms with Gasteiger partial charge in [-0.2, -0.15) is 0 Å². The van der Waals surface area contributed by atoms with E-state index >= 15 is 0 Å². The molecule has 0 N–H and O–H groups in total. The van der Waals surface area contributed by atoms with E-state index in [2.05, 4.69) is 9.79 Å². The average molecular weight is 218 g/mol. The first kappa shape index (κ1) is 9.21. The number of aromatic nitrogens is 2. The minimum Gasteiger partial charge on any atom is -0.483 e. The van der Waals surface area contributed by atoms with Gasteiger partial charge < -0.3 is 9.94 Å². The monoisotopic (exact) mass is 218 g/mol. The van der Waals surface area contributed by atoms with Gasteiger partial charge in [0.2, 0.25) is 11.0 Å². The molecule has 2 aromatic rings. The molecular weight excluding hydrogens is 208 g/mol. The zero-order valence-electron chi connectivity index (χ0n) is 8.93. The molecule has 0 bridgehead atoms. The molecule has 0 aliphatic carbocycles. The molecule has 0 amide bonds. The highest BCUT2D eigenvalue weighted by atomic mass is 16.8. The second kappa shape index (κ2) is 2.75. The Balaban J connectivity index is 2.25. The van der Waals surface area contributed by atoms with Gasteiger partial charge in [0, 0.05) is 22.9 Å². The van der Waals surface area contributed by atoms with Crippen LogP contribution in [0, 0.1) is 5.21 Å². The molecule has 0 spiro atoms. The van der Waals surface area contributed by atoms with Crippen LogP contribution in [0.5, 0.6) is 5.75 Å². The normalized spacial score (nSPS) is 17.1. The second-order valence-electron chi connectivity index (χ2n) is 4.35. The number of rotatable bonds is 0. The summed E-state index contributed by atoms with van der Waals surface area (Å²) in [6, 6.07) is 3.42. The Bertz CT molecular complexity index is 599. The first-order valence-electron chi connectivity index (χ1n) is 4.97. The standard InChI is InChI=1S/C11H10N2O3/c1-11(2)4-3-7-5-8-9(6-10(7)15-11)13(14)16-12-8/h3-6H,1-2H3. The van der Waals surface area contributed by atoms with E-state index in [-0.39, 0.29) is 5.60 Å². The summed E-state index contributed by atoms with van der Waals surface area (Å²) in [4.78, 5) is 0.379. The summed E-state index contributed by atoms with van der Waals surface area (Å²) in [7, 11) is 0. The van der Waals surface area contributed by atoms with E-state index in [1.165, 1.54) is 0 Å². The van der Waals surface area contributed by atoms with Crippen LogP contribution >= 0.6 is 0 Å². The molecule has 5 nitrogen and oxygen atoms in total. The lowest BCUT2D eigenvalue weighted by Crippen LogP contribution is -2.28. The highest BCUT2D eigenvalue weighted by Crippen LogP contribution is 2.32. The molecule has 0 radical (unpaired) electrons. The molecule has 0 saturated heterocycles. The van der Waals surface area contributed by atoms with E-state index in [1.807, 2.05) is 26.0 Å². The van der Waals surface area contributed by atoms with Crippen LogP contribution in [0.1, 0.15) is 19.4 Å². The van der Waals surface area contributed by atoms with E-state index in [0.717, 1.165) is 5.56 Å². The van der Waals surface area contributed by atoms with Crippen molar-refractivity contribution in [2.45, 2.75) is 19.4 Å². The number of benzene rings is 1. The zero-order valence-corrected chi connectivity index (χ0v) is 8.93. The summed E-state index contributed by atoms with van der Waals surface area (Å²) in [5.41, 5.74) is 1.46. The third-order valence-corrected chi connectivity index (χ3v) is 2.55. The maximum Gasteiger partial charge on any atom is 0.249 e. The van der Waals surface area contributed by atoms with Crippen molar-refractivity contribution in [2.75, 3.05) is 0 Å². The van der Waals surface area contributed by atoms with Crippen LogP contribution in [0.2, 0.25) is 0 Å². The molecule has 0 atom stereocenters. The van der Waals surface area contributed by atoms with Crippen LogP contribution in [-0.4, -0.2) is 10.8 Å². The molecule has 1 aliphatic heterocycles. The molecule has 0 fully saturated rings. The van der Waals surface area contributed by atoms with Crippen molar-refractivity contribution in [3.05, 3.63) is 29.0 Å². The maximum absolute atomic E-state index is 11.2. The van der Waals surface area contributed by atoms with Gasteiger partial charge in [-0.05, 0) is 24.8 Å². The molecule has 1 aliphatic rings. The third kappa shape index (κ3) is 1.25. The second-order valence-corrected chi connectivity index (χ2v) is 4.35. The summed E-state index contributed by atoms with van der Waals surface area (Å²) in [6.07, 6.45) is 3.93. The van der Waals surface area contributed by atoms with Gasteiger partial charge in [0.25, 0.3) is 0 Å². The molecule has 16 heavy (non-hydrogen) atoms. The molecule has 3 rings (SSSR count). The van der Waals surface area contributed by atoms with Crippen LogP contribution in [0.15, 0.2) is 22.8 Å². The molecular formula is C11H10N2O3. The van der Waals surface area contributed by atoms with Gasteiger partial charge in [-0.1, -0.05) is 6.08 Å². The van der Waals surface area contributed by atoms with E-state index in [9.17, 15) is 5.21 Å². The number of fused-ring (bicyclic) bond motifs is 2. The number of ether oxygens (including phenoxy) is 1. The van der Waals surface area contributed by atoms with E-state index in [1.54, 1.807) is 12.1 Å². The van der Waals surface area contributed by atoms with Crippen molar-refractivity contribution < 1.29 is 14.3 Å². The van der Waals surface area contributed by atoms with Gasteiger partial charge in [-0.3, -0.25) is 4.63 Å². The lowest BCUT2D eigenvalue weighted by atomic mass is 10.0. The Kier molecular flexibility index (Phi) is 1.58. The molecule has 5 heteroatoms. The summed E-state index contributed by atoms with van der Waals surface area (Å²) < 4.78 is 10.3. The lowest BCUT2D eigenvalue weighted by molar-refractivity contribution is -0.782. The quantitative estimate of drug-likeness (QED) is 0.631. The molecule has 1 aromatic carbocycles. The van der Waals surface area contributed by atoms with Crippen LogP contribution in [0.3, 0.4) is 0 Å². The molecule has 82 valence electrons. The Labute approximate surface area is 91.5 Å². The Morgan fingerprint density at radius 1 is 1.38 bits per heavy atom. The molecule has 2 heterocycles. The highest BCUT2D eigenvalue weighted by Gasteiger charge is 2.24. The third-order valence-electron chi connectivity index (χ3n) is 2.55. The van der Waals surface area contributed by atoms with Crippen molar-refractivity contribution in [2.24, 2.45) is 0 Å². The van der Waals surface area contributed by atoms with Crippen molar-refractivity contribution in [3.63, 3.8) is 0 Å². The van der Waals surface area contributed by atoms with E-state index < -0.39 is 0 Å². The minimum atomic E-state index is -0.356. The number of hydrogen-bond acceptors (Lipinski definition) is 4. The Morgan fingerprint density at radius 3 is 3.00 bits per heavy atom. The SMILES string of the molecule is CC1(C)C=Cc2cc3no[n+]([O-])c3cc2O1. The predicted octanol–water partition coefficient (Wildman–Crippen LogP) is 1.65. The van der Waals surface area contributed by atoms with Crippen LogP contribution in [0.4, 0.5) is 0 Å². The van der Waals surface area contributed by atoms with Gasteiger partial charge >= 0.3 is 0 Å². The fourth-order valence-corrected chi connectivity index (χ4v) is 1.74. The Morgan fingerprint density at radius 2 is 2.19 bits per heavy atom. The fraction of sp³-hybridized carbons (Fsp3) is 0.273. The summed E-state index contributed by atoms with van der Waals surface area (Å²) in [5.74, 6) is 0.674. The molecule has 0 unspecified atom stereocenters. The first-order chi connectivity index (χ1) is 7.55. The number of hydrogen-bond donors (Lipinski definition) is 0. The van der Waals surface area contributed by atoms with Crippen LogP contribution in [0.25, 0.3) is 17.1 Å². The smallest absolute Gasteiger partial charge is 0.249 e. The van der Waals surface area contributed by atoms with Crippen molar-refractivity contribution >= 4 is 17.1 Å². The van der Waals surface area contributed by atoms with Crippen molar-refractivity contribution in [1.29, 1.82) is 0 Å². The minimum absolute atomic E-state index is 0.356. The van der Waals surface area contributed by atoms with Crippen molar-refractivity contribution in [1.82, 2.24) is 5.16 Å². The number of nitrogens with zero attached hydrogens (tertiary/aromatic N) is 2. The van der Waals surface area contributed by atoms with Gasteiger partial charge in [0.05, 0.1) is 0 Å². The van der Waals surface area contributed by atoms with E-state index in [4.69, 9.17) is 4.74 Å². The maximum atomic E-state index is 11.2. The fourth-order valence-electron chi connectivity index (χ4n) is 1.74. The Hall–Kier alpha value is -2.04. The molecule has 1 aromatic heterocycles. The average Bonchev–Trinajstić information content (AvgIpc) is 2.56. The largest absolute Gasteiger partial charge is 0.483 e. The summed E-state index contributed by atoms with van der Waals surface area (Å²) >= 11 is 0. The van der Waals surface area contributed by atoms with Crippen LogP contribution in [-0.2, 0) is 0 Å². The molecule has 0 saturated carbocycles. The summed E-state index contributed by atoms with van der Waals surface area (Å²) in [5, 5.41) is 14.9. The van der Waals surface area contributed by atoms with Gasteiger partial charge in [-0.15, -0.1) is 0 Å². The van der Waals surface area contributed by atoms with Gasteiger partial charge in [0.15, 0.2) is 0 Å². The summed E-state index contributed by atoms with van der Waals surface area (Å²) in [6.45, 7) is 3.91. The van der Waals surface area contributed by atoms with Crippen molar-refractivity contribution in [3.8, 4) is 5.75 Å². The highest BCUT2D eigenvalue weighted by molar-refractivity contribution is 5.79. The van der Waals surface area contributed by atoms with Crippen LogP contribution < -0.4 is 9.64 Å². The van der Waals surface area contributed by atoms with E-state index in [0.29, 0.717) is 21.7 Å². The van der Waals surface area contributed by atoms with Gasteiger partial charge in [0.1, 0.15) is 11.4 Å². The predicted molar refractivity (Wildman–Crippen MR) is 56.7 cm³/mol. The zero-order chi connectivity index (χ0) is 11.3. The first-order valence-corrected chi connectivity index (χ1v) is 4.97. The van der Waals surface area contributed by atoms with Gasteiger partial charge in [-0.25, -0.2) is 0 Å². The topological polar surface area (TPSA) is 62.2 Å². The lowest BCUT2D eigenvalue weighted by Gasteiger charge is -2.27.